The maximum Gasteiger partial charge on any atom is 0.163 e. The highest BCUT2D eigenvalue weighted by Crippen LogP contribution is 2.25. The Bertz CT molecular complexity index is 657. The SMILES string of the molecule is Cc1ccc(C)n1Nc1nc2c(cc1C#N)CCC2. The Morgan fingerprint density at radius 1 is 1.26 bits per heavy atom. The molecule has 0 atom stereocenters. The summed E-state index contributed by atoms with van der Waals surface area (Å²) >= 11 is 0. The van der Waals surface area contributed by atoms with Crippen LogP contribution in [0.4, 0.5) is 5.82 Å². The molecule has 0 saturated carbocycles. The van der Waals surface area contributed by atoms with Gasteiger partial charge in [0, 0.05) is 17.1 Å². The van der Waals surface area contributed by atoms with Gasteiger partial charge in [0.15, 0.2) is 5.82 Å². The zero-order valence-electron chi connectivity index (χ0n) is 11.2. The topological polar surface area (TPSA) is 53.6 Å². The minimum absolute atomic E-state index is 0.619. The van der Waals surface area contributed by atoms with Crippen molar-refractivity contribution in [1.29, 1.82) is 5.26 Å². The van der Waals surface area contributed by atoms with Crippen molar-refractivity contribution in [2.24, 2.45) is 0 Å². The first kappa shape index (κ1) is 11.8. The number of nitrogens with zero attached hydrogens (tertiary/aromatic N) is 3. The lowest BCUT2D eigenvalue weighted by Crippen LogP contribution is -2.15. The molecule has 1 N–H and O–H groups in total. The summed E-state index contributed by atoms with van der Waals surface area (Å²) in [5, 5.41) is 9.28. The van der Waals surface area contributed by atoms with Crippen molar-refractivity contribution in [2.75, 3.05) is 5.43 Å². The van der Waals surface area contributed by atoms with E-state index >= 15 is 0 Å². The smallest absolute Gasteiger partial charge is 0.163 e. The first-order valence-electron chi connectivity index (χ1n) is 6.54. The second kappa shape index (κ2) is 4.43. The van der Waals surface area contributed by atoms with Crippen LogP contribution in [0.5, 0.6) is 0 Å². The van der Waals surface area contributed by atoms with Gasteiger partial charge in [-0.3, -0.25) is 10.1 Å². The number of aryl methyl sites for hydroxylation is 4. The van der Waals surface area contributed by atoms with Crippen LogP contribution in [0.2, 0.25) is 0 Å². The third kappa shape index (κ3) is 1.97. The van der Waals surface area contributed by atoms with Crippen molar-refractivity contribution in [3.63, 3.8) is 0 Å². The lowest BCUT2D eigenvalue weighted by atomic mass is 10.1. The number of pyridine rings is 1. The predicted octanol–water partition coefficient (Wildman–Crippen LogP) is 2.74. The van der Waals surface area contributed by atoms with Crippen molar-refractivity contribution in [2.45, 2.75) is 33.1 Å². The van der Waals surface area contributed by atoms with E-state index in [2.05, 4.69) is 16.5 Å². The molecular formula is C15H16N4. The minimum atomic E-state index is 0.619. The molecule has 0 fully saturated rings. The number of anilines is 1. The summed E-state index contributed by atoms with van der Waals surface area (Å²) in [7, 11) is 0. The molecule has 19 heavy (non-hydrogen) atoms. The first-order valence-corrected chi connectivity index (χ1v) is 6.54. The summed E-state index contributed by atoms with van der Waals surface area (Å²) in [5.41, 5.74) is 8.43. The molecule has 0 aromatic carbocycles. The zero-order valence-corrected chi connectivity index (χ0v) is 11.2. The Morgan fingerprint density at radius 3 is 2.68 bits per heavy atom. The fourth-order valence-corrected chi connectivity index (χ4v) is 2.59. The van der Waals surface area contributed by atoms with Gasteiger partial charge in [0.25, 0.3) is 0 Å². The van der Waals surface area contributed by atoms with E-state index in [1.54, 1.807) is 0 Å². The van der Waals surface area contributed by atoms with Crippen molar-refractivity contribution in [3.05, 3.63) is 46.4 Å². The van der Waals surface area contributed by atoms with E-state index in [0.29, 0.717) is 11.4 Å². The van der Waals surface area contributed by atoms with Crippen LogP contribution < -0.4 is 5.43 Å². The Morgan fingerprint density at radius 2 is 2.00 bits per heavy atom. The third-order valence-corrected chi connectivity index (χ3v) is 3.66. The number of aromatic nitrogens is 2. The summed E-state index contributed by atoms with van der Waals surface area (Å²) in [6, 6.07) is 8.30. The molecule has 0 saturated heterocycles. The average Bonchev–Trinajstić information content (AvgIpc) is 2.98. The van der Waals surface area contributed by atoms with Crippen molar-refractivity contribution < 1.29 is 0 Å². The molecule has 0 radical (unpaired) electrons. The van der Waals surface area contributed by atoms with E-state index in [1.165, 1.54) is 5.56 Å². The highest BCUT2D eigenvalue weighted by Gasteiger charge is 2.17. The van der Waals surface area contributed by atoms with Gasteiger partial charge in [-0.2, -0.15) is 5.26 Å². The molecule has 0 amide bonds. The van der Waals surface area contributed by atoms with Gasteiger partial charge in [-0.15, -0.1) is 0 Å². The standard InChI is InChI=1S/C15H16N4/c1-10-6-7-11(2)19(10)18-15-13(9-16)8-12-4-3-5-14(12)17-15/h6-8H,3-5H2,1-2H3,(H,17,18). The molecule has 0 spiro atoms. The third-order valence-electron chi connectivity index (χ3n) is 3.66. The Kier molecular flexibility index (Phi) is 2.75. The minimum Gasteiger partial charge on any atom is -0.276 e. The zero-order chi connectivity index (χ0) is 13.4. The first-order chi connectivity index (χ1) is 9.19. The molecule has 0 bridgehead atoms. The van der Waals surface area contributed by atoms with E-state index in [-0.39, 0.29) is 0 Å². The van der Waals surface area contributed by atoms with E-state index in [0.717, 1.165) is 36.3 Å². The van der Waals surface area contributed by atoms with Gasteiger partial charge in [0.2, 0.25) is 0 Å². The van der Waals surface area contributed by atoms with Crippen LogP contribution in [-0.2, 0) is 12.8 Å². The van der Waals surface area contributed by atoms with Crippen molar-refractivity contribution in [3.8, 4) is 6.07 Å². The fraction of sp³-hybridized carbons (Fsp3) is 0.333. The number of nitriles is 1. The normalized spacial score (nSPS) is 13.1. The van der Waals surface area contributed by atoms with E-state index in [4.69, 9.17) is 0 Å². The van der Waals surface area contributed by atoms with Crippen LogP contribution in [0.25, 0.3) is 0 Å². The van der Waals surface area contributed by atoms with Gasteiger partial charge in [-0.25, -0.2) is 4.98 Å². The van der Waals surface area contributed by atoms with Crippen LogP contribution in [0.15, 0.2) is 18.2 Å². The molecule has 4 nitrogen and oxygen atoms in total. The number of hydrogen-bond donors (Lipinski definition) is 1. The Balaban J connectivity index is 2.04. The molecule has 1 aliphatic rings. The highest BCUT2D eigenvalue weighted by atomic mass is 15.4. The Hall–Kier alpha value is -2.28. The fourth-order valence-electron chi connectivity index (χ4n) is 2.59. The van der Waals surface area contributed by atoms with Crippen LogP contribution in [0.1, 0.15) is 34.6 Å². The molecule has 0 aliphatic heterocycles. The summed E-state index contributed by atoms with van der Waals surface area (Å²) in [6.45, 7) is 4.05. The van der Waals surface area contributed by atoms with Crippen LogP contribution in [0, 0.1) is 25.2 Å². The number of hydrogen-bond acceptors (Lipinski definition) is 3. The van der Waals surface area contributed by atoms with Gasteiger partial charge in [-0.05, 0) is 56.9 Å². The number of fused-ring (bicyclic) bond motifs is 1. The molecule has 2 heterocycles. The quantitative estimate of drug-likeness (QED) is 0.894. The largest absolute Gasteiger partial charge is 0.276 e. The van der Waals surface area contributed by atoms with Crippen LogP contribution in [-0.4, -0.2) is 9.66 Å². The van der Waals surface area contributed by atoms with Crippen LogP contribution in [0.3, 0.4) is 0 Å². The number of rotatable bonds is 2. The molecule has 2 aromatic heterocycles. The molecular weight excluding hydrogens is 236 g/mol. The van der Waals surface area contributed by atoms with Gasteiger partial charge in [0.05, 0.1) is 5.56 Å². The molecule has 0 unspecified atom stereocenters. The maximum absolute atomic E-state index is 9.28. The molecule has 96 valence electrons. The van der Waals surface area contributed by atoms with Gasteiger partial charge in [0.1, 0.15) is 6.07 Å². The van der Waals surface area contributed by atoms with E-state index < -0.39 is 0 Å². The Labute approximate surface area is 112 Å². The summed E-state index contributed by atoms with van der Waals surface area (Å²) in [4.78, 5) is 4.63. The monoisotopic (exact) mass is 252 g/mol. The molecule has 1 aliphatic carbocycles. The maximum atomic E-state index is 9.28. The van der Waals surface area contributed by atoms with Crippen molar-refractivity contribution >= 4 is 5.82 Å². The average molecular weight is 252 g/mol. The highest BCUT2D eigenvalue weighted by molar-refractivity contribution is 5.55. The second-order valence-corrected chi connectivity index (χ2v) is 5.02. The molecule has 4 heteroatoms. The van der Waals surface area contributed by atoms with Crippen LogP contribution >= 0.6 is 0 Å². The predicted molar refractivity (Wildman–Crippen MR) is 73.9 cm³/mol. The lowest BCUT2D eigenvalue weighted by Gasteiger charge is -2.14. The van der Waals surface area contributed by atoms with Gasteiger partial charge < -0.3 is 0 Å². The van der Waals surface area contributed by atoms with E-state index in [9.17, 15) is 5.26 Å². The van der Waals surface area contributed by atoms with Gasteiger partial charge >= 0.3 is 0 Å². The number of nitrogens with one attached hydrogen (secondary N) is 1. The second-order valence-electron chi connectivity index (χ2n) is 5.02. The molecule has 2 aromatic rings. The van der Waals surface area contributed by atoms with Gasteiger partial charge in [-0.1, -0.05) is 0 Å². The molecule has 3 rings (SSSR count). The van der Waals surface area contributed by atoms with E-state index in [1.807, 2.05) is 36.7 Å². The summed E-state index contributed by atoms with van der Waals surface area (Å²) in [5.74, 6) is 0.658. The van der Waals surface area contributed by atoms with Crippen molar-refractivity contribution in [1.82, 2.24) is 9.66 Å². The summed E-state index contributed by atoms with van der Waals surface area (Å²) < 4.78 is 1.96. The lowest BCUT2D eigenvalue weighted by molar-refractivity contribution is 0.861. The summed E-state index contributed by atoms with van der Waals surface area (Å²) in [6.07, 6.45) is 3.19.